The van der Waals surface area contributed by atoms with Gasteiger partial charge in [0.1, 0.15) is 22.2 Å². The number of carboxylic acid groups (broad SMARTS) is 1. The first kappa shape index (κ1) is 27.3. The molecule has 3 heterocycles. The summed E-state index contributed by atoms with van der Waals surface area (Å²) in [6.45, 7) is 2.60. The summed E-state index contributed by atoms with van der Waals surface area (Å²) in [4.78, 5) is 14.7. The van der Waals surface area contributed by atoms with Crippen molar-refractivity contribution in [3.05, 3.63) is 83.6 Å². The average molecular weight is 573 g/mol. The van der Waals surface area contributed by atoms with Crippen molar-refractivity contribution in [2.24, 2.45) is 0 Å². The van der Waals surface area contributed by atoms with E-state index in [4.69, 9.17) is 4.74 Å². The second-order valence-corrected chi connectivity index (χ2v) is 10.9. The molecular weight excluding hydrogens is 549 g/mol. The van der Waals surface area contributed by atoms with Crippen LogP contribution >= 0.6 is 0 Å². The monoisotopic (exact) mass is 572 g/mol. The number of hydrogen-bond acceptors (Lipinski definition) is 6. The van der Waals surface area contributed by atoms with Crippen LogP contribution in [0.5, 0.6) is 0 Å². The molecule has 40 heavy (non-hydrogen) atoms. The summed E-state index contributed by atoms with van der Waals surface area (Å²) >= 11 is 0. The van der Waals surface area contributed by atoms with Gasteiger partial charge in [-0.1, -0.05) is 6.07 Å². The number of carbonyl (C=O) groups is 1. The lowest BCUT2D eigenvalue weighted by Crippen LogP contribution is -2.20. The van der Waals surface area contributed by atoms with Crippen LogP contribution in [0.2, 0.25) is 0 Å². The third-order valence-electron chi connectivity index (χ3n) is 6.67. The highest BCUT2D eigenvalue weighted by Gasteiger charge is 2.27. The van der Waals surface area contributed by atoms with Gasteiger partial charge in [0, 0.05) is 36.7 Å². The van der Waals surface area contributed by atoms with E-state index in [1.54, 1.807) is 23.9 Å². The molecule has 2 aromatic heterocycles. The minimum Gasteiger partial charge on any atom is -0.477 e. The number of nitrogens with zero attached hydrogens (tertiary/aromatic N) is 3. The molecule has 0 bridgehead atoms. The van der Waals surface area contributed by atoms with Crippen LogP contribution in [0.15, 0.2) is 59.8 Å². The fraction of sp³-hybridized carbons (Fsp3) is 0.222. The Bertz CT molecular complexity index is 1720. The first-order chi connectivity index (χ1) is 19.1. The SMILES string of the molecule is Cc1c(-c2cn(C3CCOCC3)nc2-c2cccc(NS(=O)(=O)c3cc(F)ccc3F)c2F)ccnc1C(=O)O. The number of ether oxygens (including phenoxy) is 1. The summed E-state index contributed by atoms with van der Waals surface area (Å²) in [6.07, 6.45) is 4.32. The van der Waals surface area contributed by atoms with Crippen LogP contribution in [0.4, 0.5) is 18.9 Å². The summed E-state index contributed by atoms with van der Waals surface area (Å²) in [5.74, 6) is -4.42. The van der Waals surface area contributed by atoms with Crippen molar-refractivity contribution in [3.8, 4) is 22.4 Å². The predicted octanol–water partition coefficient (Wildman–Crippen LogP) is 5.19. The summed E-state index contributed by atoms with van der Waals surface area (Å²) in [5, 5.41) is 14.2. The second-order valence-electron chi connectivity index (χ2n) is 9.20. The fourth-order valence-corrected chi connectivity index (χ4v) is 5.79. The van der Waals surface area contributed by atoms with Gasteiger partial charge in [-0.3, -0.25) is 9.40 Å². The van der Waals surface area contributed by atoms with Crippen LogP contribution < -0.4 is 4.72 Å². The summed E-state index contributed by atoms with van der Waals surface area (Å²) in [6, 6.07) is 7.37. The number of benzene rings is 2. The maximum Gasteiger partial charge on any atom is 0.354 e. The molecule has 13 heteroatoms. The topological polar surface area (TPSA) is 123 Å². The van der Waals surface area contributed by atoms with Crippen LogP contribution in [0.3, 0.4) is 0 Å². The number of hydrogen-bond donors (Lipinski definition) is 2. The minimum atomic E-state index is -4.70. The van der Waals surface area contributed by atoms with E-state index in [1.807, 2.05) is 4.72 Å². The summed E-state index contributed by atoms with van der Waals surface area (Å²) < 4.78 is 78.6. The Hall–Kier alpha value is -4.23. The average Bonchev–Trinajstić information content (AvgIpc) is 3.36. The number of aromatic nitrogens is 3. The van der Waals surface area contributed by atoms with Crippen LogP contribution in [0.1, 0.15) is 34.9 Å². The Labute approximate surface area is 227 Å². The fourth-order valence-electron chi connectivity index (χ4n) is 4.64. The van der Waals surface area contributed by atoms with E-state index in [9.17, 15) is 27.1 Å². The van der Waals surface area contributed by atoms with Gasteiger partial charge in [-0.15, -0.1) is 0 Å². The largest absolute Gasteiger partial charge is 0.477 e. The quantitative estimate of drug-likeness (QED) is 0.313. The van der Waals surface area contributed by atoms with Crippen molar-refractivity contribution in [1.29, 1.82) is 0 Å². The van der Waals surface area contributed by atoms with Gasteiger partial charge < -0.3 is 9.84 Å². The van der Waals surface area contributed by atoms with Gasteiger partial charge in [0.15, 0.2) is 11.5 Å². The van der Waals surface area contributed by atoms with E-state index in [0.717, 1.165) is 12.1 Å². The molecule has 1 aliphatic rings. The maximum absolute atomic E-state index is 16.0. The Morgan fingerprint density at radius 2 is 1.82 bits per heavy atom. The molecule has 4 aromatic rings. The van der Waals surface area contributed by atoms with E-state index in [-0.39, 0.29) is 23.0 Å². The summed E-state index contributed by atoms with van der Waals surface area (Å²) in [5.41, 5.74) is 0.548. The molecule has 1 saturated heterocycles. The van der Waals surface area contributed by atoms with E-state index < -0.39 is 44.0 Å². The highest BCUT2D eigenvalue weighted by Crippen LogP contribution is 2.38. The Kier molecular flexibility index (Phi) is 7.34. The van der Waals surface area contributed by atoms with Crippen molar-refractivity contribution >= 4 is 21.7 Å². The lowest BCUT2D eigenvalue weighted by molar-refractivity contribution is 0.0663. The molecule has 0 radical (unpaired) electrons. The predicted molar refractivity (Wildman–Crippen MR) is 139 cm³/mol. The van der Waals surface area contributed by atoms with Crippen molar-refractivity contribution in [2.75, 3.05) is 17.9 Å². The van der Waals surface area contributed by atoms with Crippen molar-refractivity contribution in [2.45, 2.75) is 30.7 Å². The van der Waals surface area contributed by atoms with Crippen molar-refractivity contribution in [1.82, 2.24) is 14.8 Å². The Morgan fingerprint density at radius 1 is 1.07 bits per heavy atom. The third kappa shape index (κ3) is 5.17. The van der Waals surface area contributed by atoms with Gasteiger partial charge in [-0.05, 0) is 67.3 Å². The molecule has 2 aromatic carbocycles. The van der Waals surface area contributed by atoms with Gasteiger partial charge in [0.2, 0.25) is 0 Å². The molecule has 0 saturated carbocycles. The van der Waals surface area contributed by atoms with Crippen molar-refractivity contribution in [3.63, 3.8) is 0 Å². The number of aromatic carboxylic acids is 1. The smallest absolute Gasteiger partial charge is 0.354 e. The van der Waals surface area contributed by atoms with Gasteiger partial charge in [0.25, 0.3) is 10.0 Å². The normalized spacial score (nSPS) is 14.3. The zero-order chi connectivity index (χ0) is 28.6. The van der Waals surface area contributed by atoms with Crippen LogP contribution in [-0.4, -0.2) is 47.5 Å². The van der Waals surface area contributed by atoms with E-state index in [0.29, 0.717) is 54.9 Å². The Morgan fingerprint density at radius 3 is 2.55 bits per heavy atom. The standard InChI is InChI=1S/C27H23F3N4O5S/c1-15-18(7-10-31-25(15)27(35)36)20-14-34(17-8-11-39-12-9-17)32-26(20)19-3-2-4-22(24(19)30)33-40(37,38)23-13-16(28)5-6-21(23)29/h2-7,10,13-14,17,33H,8-9,11-12H2,1H3,(H,35,36). The zero-order valence-electron chi connectivity index (χ0n) is 21.1. The molecule has 9 nitrogen and oxygen atoms in total. The number of nitrogens with one attached hydrogen (secondary N) is 1. The lowest BCUT2D eigenvalue weighted by atomic mass is 9.97. The molecule has 0 aliphatic carbocycles. The van der Waals surface area contributed by atoms with Gasteiger partial charge in [-0.25, -0.2) is 31.4 Å². The molecule has 2 N–H and O–H groups in total. The molecule has 5 rings (SSSR count). The highest BCUT2D eigenvalue weighted by molar-refractivity contribution is 7.92. The molecule has 208 valence electrons. The number of rotatable bonds is 7. The van der Waals surface area contributed by atoms with Crippen LogP contribution in [-0.2, 0) is 14.8 Å². The highest BCUT2D eigenvalue weighted by atomic mass is 32.2. The number of halogens is 3. The lowest BCUT2D eigenvalue weighted by Gasteiger charge is -2.22. The Balaban J connectivity index is 1.64. The maximum atomic E-state index is 16.0. The molecule has 0 unspecified atom stereocenters. The summed E-state index contributed by atoms with van der Waals surface area (Å²) in [7, 11) is -4.70. The number of sulfonamides is 1. The van der Waals surface area contributed by atoms with Crippen LogP contribution in [0, 0.1) is 24.4 Å². The van der Waals surface area contributed by atoms with Crippen LogP contribution in [0.25, 0.3) is 22.4 Å². The number of anilines is 1. The zero-order valence-corrected chi connectivity index (χ0v) is 21.9. The first-order valence-electron chi connectivity index (χ1n) is 12.2. The minimum absolute atomic E-state index is 0.0666. The third-order valence-corrected chi connectivity index (χ3v) is 8.06. The van der Waals surface area contributed by atoms with E-state index in [2.05, 4.69) is 10.1 Å². The first-order valence-corrected chi connectivity index (χ1v) is 13.7. The van der Waals surface area contributed by atoms with Gasteiger partial charge in [0.05, 0.1) is 11.7 Å². The molecule has 0 atom stereocenters. The van der Waals surface area contributed by atoms with E-state index in [1.165, 1.54) is 18.3 Å². The molecule has 1 aliphatic heterocycles. The van der Waals surface area contributed by atoms with Crippen molar-refractivity contribution < 1.29 is 36.2 Å². The number of carboxylic acids is 1. The number of pyridine rings is 1. The molecule has 1 fully saturated rings. The molecule has 0 spiro atoms. The van der Waals surface area contributed by atoms with Gasteiger partial charge in [-0.2, -0.15) is 5.10 Å². The van der Waals surface area contributed by atoms with Gasteiger partial charge >= 0.3 is 5.97 Å². The van der Waals surface area contributed by atoms with E-state index >= 15 is 4.39 Å². The molecular formula is C27H23F3N4O5S. The second kappa shape index (κ2) is 10.7. The molecule has 0 amide bonds.